The van der Waals surface area contributed by atoms with E-state index in [1.165, 1.54) is 12.1 Å². The number of hydrogen-bond donors (Lipinski definition) is 0. The van der Waals surface area contributed by atoms with Crippen LogP contribution in [0.1, 0.15) is 5.56 Å². The van der Waals surface area contributed by atoms with Gasteiger partial charge in [0, 0.05) is 54.6 Å². The summed E-state index contributed by atoms with van der Waals surface area (Å²) in [5.74, 6) is -0.415. The fourth-order valence-corrected chi connectivity index (χ4v) is 4.33. The number of nitrogens with zero attached hydrogens (tertiary/aromatic N) is 3. The van der Waals surface area contributed by atoms with Crippen LogP contribution in [0, 0.1) is 18.6 Å². The highest BCUT2D eigenvalue weighted by atomic mass is 19.1. The first-order chi connectivity index (χ1) is 16.6. The number of hydrogen-bond acceptors (Lipinski definition) is 5. The Morgan fingerprint density at radius 1 is 0.912 bits per heavy atom. The first-order valence-corrected chi connectivity index (χ1v) is 11.3. The zero-order valence-corrected chi connectivity index (χ0v) is 18.9. The van der Waals surface area contributed by atoms with Crippen molar-refractivity contribution in [3.05, 3.63) is 78.1 Å². The molecule has 0 atom stereocenters. The fourth-order valence-electron chi connectivity index (χ4n) is 4.33. The Morgan fingerprint density at radius 2 is 1.71 bits per heavy atom. The monoisotopic (exact) mass is 461 g/mol. The average Bonchev–Trinajstić information content (AvgIpc) is 2.84. The molecule has 5 nitrogen and oxygen atoms in total. The van der Waals surface area contributed by atoms with Crippen LogP contribution >= 0.6 is 0 Å². The van der Waals surface area contributed by atoms with Crippen molar-refractivity contribution in [2.75, 3.05) is 39.5 Å². The number of pyridine rings is 2. The Bertz CT molecular complexity index is 1320. The molecule has 0 unspecified atom stereocenters. The van der Waals surface area contributed by atoms with Crippen LogP contribution < -0.4 is 4.74 Å². The molecule has 3 heterocycles. The van der Waals surface area contributed by atoms with Crippen LogP contribution in [0.5, 0.6) is 5.75 Å². The van der Waals surface area contributed by atoms with Gasteiger partial charge in [-0.05, 0) is 60.5 Å². The summed E-state index contributed by atoms with van der Waals surface area (Å²) in [4.78, 5) is 11.5. The smallest absolute Gasteiger partial charge is 0.133 e. The van der Waals surface area contributed by atoms with Gasteiger partial charge in [0.05, 0.1) is 24.4 Å². The molecule has 7 heteroatoms. The van der Waals surface area contributed by atoms with Gasteiger partial charge in [-0.2, -0.15) is 0 Å². The Labute approximate surface area is 197 Å². The van der Waals surface area contributed by atoms with Crippen LogP contribution in [-0.2, 0) is 4.74 Å². The summed E-state index contributed by atoms with van der Waals surface area (Å²) in [5.41, 5.74) is 4.27. The third kappa shape index (κ3) is 4.62. The highest BCUT2D eigenvalue weighted by Crippen LogP contribution is 2.35. The Kier molecular flexibility index (Phi) is 6.47. The van der Waals surface area contributed by atoms with E-state index >= 15 is 0 Å². The molecular formula is C27H25F2N3O2. The van der Waals surface area contributed by atoms with Crippen LogP contribution in [0.15, 0.2) is 60.9 Å². The van der Waals surface area contributed by atoms with Crippen molar-refractivity contribution in [1.29, 1.82) is 0 Å². The van der Waals surface area contributed by atoms with Crippen molar-refractivity contribution in [3.8, 4) is 28.1 Å². The minimum absolute atomic E-state index is 0.326. The molecule has 4 aromatic rings. The van der Waals surface area contributed by atoms with Crippen LogP contribution in [0.2, 0.25) is 0 Å². The van der Waals surface area contributed by atoms with Gasteiger partial charge in [-0.1, -0.05) is 0 Å². The molecule has 174 valence electrons. The van der Waals surface area contributed by atoms with E-state index in [4.69, 9.17) is 9.47 Å². The second-order valence-electron chi connectivity index (χ2n) is 8.32. The third-order valence-electron chi connectivity index (χ3n) is 6.11. The lowest BCUT2D eigenvalue weighted by Crippen LogP contribution is -2.38. The first kappa shape index (κ1) is 22.4. The van der Waals surface area contributed by atoms with Gasteiger partial charge in [0.15, 0.2) is 0 Å². The van der Waals surface area contributed by atoms with Crippen molar-refractivity contribution in [2.24, 2.45) is 0 Å². The van der Waals surface area contributed by atoms with Crippen molar-refractivity contribution in [1.82, 2.24) is 14.9 Å². The number of benzene rings is 2. The van der Waals surface area contributed by atoms with E-state index in [-0.39, 0.29) is 0 Å². The van der Waals surface area contributed by atoms with E-state index < -0.39 is 11.6 Å². The lowest BCUT2D eigenvalue weighted by atomic mass is 9.98. The standard InChI is InChI=1S/C27H25F2N3O2/c1-18-16-20(34-15-12-32-10-13-33-14-11-32)3-5-21(18)26-27-24(7-9-30-26)22(6-8-31-27)23-4-2-19(28)17-25(23)29/h2-9,16-17H,10-15H2,1H3. The summed E-state index contributed by atoms with van der Waals surface area (Å²) >= 11 is 0. The zero-order chi connectivity index (χ0) is 23.5. The summed E-state index contributed by atoms with van der Waals surface area (Å²) in [6.07, 6.45) is 3.32. The van der Waals surface area contributed by atoms with Crippen molar-refractivity contribution >= 4 is 10.9 Å². The summed E-state index contributed by atoms with van der Waals surface area (Å²) in [5, 5.41) is 0.753. The van der Waals surface area contributed by atoms with E-state index in [2.05, 4.69) is 14.9 Å². The van der Waals surface area contributed by atoms with Gasteiger partial charge in [-0.25, -0.2) is 8.78 Å². The molecule has 2 aromatic carbocycles. The Hall–Kier alpha value is -3.42. The molecule has 1 aliphatic rings. The van der Waals surface area contributed by atoms with Crippen LogP contribution in [0.25, 0.3) is 33.3 Å². The molecule has 0 amide bonds. The predicted octanol–water partition coefficient (Wildman–Crippen LogP) is 5.26. The van der Waals surface area contributed by atoms with E-state index in [1.54, 1.807) is 18.5 Å². The Balaban J connectivity index is 1.42. The predicted molar refractivity (Wildman–Crippen MR) is 128 cm³/mol. The summed E-state index contributed by atoms with van der Waals surface area (Å²) in [6.45, 7) is 6.90. The molecule has 1 fully saturated rings. The Morgan fingerprint density at radius 3 is 2.50 bits per heavy atom. The molecule has 1 saturated heterocycles. The minimum atomic E-state index is -0.611. The van der Waals surface area contributed by atoms with Crippen molar-refractivity contribution < 1.29 is 18.3 Å². The number of aryl methyl sites for hydroxylation is 1. The number of fused-ring (bicyclic) bond motifs is 1. The maximum Gasteiger partial charge on any atom is 0.133 e. The molecule has 0 radical (unpaired) electrons. The molecule has 0 saturated carbocycles. The van der Waals surface area contributed by atoms with Gasteiger partial charge in [0.25, 0.3) is 0 Å². The molecule has 0 spiro atoms. The van der Waals surface area contributed by atoms with E-state index in [0.29, 0.717) is 28.9 Å². The number of morpholine rings is 1. The van der Waals surface area contributed by atoms with Gasteiger partial charge in [-0.15, -0.1) is 0 Å². The summed E-state index contributed by atoms with van der Waals surface area (Å²) < 4.78 is 39.3. The molecule has 5 rings (SSSR count). The maximum atomic E-state index is 14.5. The normalized spacial score (nSPS) is 14.4. The number of aromatic nitrogens is 2. The van der Waals surface area contributed by atoms with Gasteiger partial charge in [0.2, 0.25) is 0 Å². The van der Waals surface area contributed by atoms with E-state index in [0.717, 1.165) is 61.2 Å². The number of ether oxygens (including phenoxy) is 2. The molecule has 0 aliphatic carbocycles. The van der Waals surface area contributed by atoms with Gasteiger partial charge in [0.1, 0.15) is 24.0 Å². The van der Waals surface area contributed by atoms with E-state index in [9.17, 15) is 8.78 Å². The highest BCUT2D eigenvalue weighted by Gasteiger charge is 2.16. The second-order valence-corrected chi connectivity index (χ2v) is 8.32. The SMILES string of the molecule is Cc1cc(OCCN2CCOCC2)ccc1-c1nccc2c(-c3ccc(F)cc3F)ccnc12. The second kappa shape index (κ2) is 9.83. The van der Waals surface area contributed by atoms with Gasteiger partial charge >= 0.3 is 0 Å². The molecule has 2 aromatic heterocycles. The topological polar surface area (TPSA) is 47.5 Å². The largest absolute Gasteiger partial charge is 0.492 e. The quantitative estimate of drug-likeness (QED) is 0.392. The number of halogens is 2. The first-order valence-electron chi connectivity index (χ1n) is 11.3. The molecule has 34 heavy (non-hydrogen) atoms. The van der Waals surface area contributed by atoms with Crippen molar-refractivity contribution in [2.45, 2.75) is 6.92 Å². The van der Waals surface area contributed by atoms with Crippen LogP contribution in [0.4, 0.5) is 8.78 Å². The molecule has 1 aliphatic heterocycles. The average molecular weight is 462 g/mol. The maximum absolute atomic E-state index is 14.5. The van der Waals surface area contributed by atoms with Gasteiger partial charge < -0.3 is 9.47 Å². The minimum Gasteiger partial charge on any atom is -0.492 e. The third-order valence-corrected chi connectivity index (χ3v) is 6.11. The lowest BCUT2D eigenvalue weighted by Gasteiger charge is -2.26. The molecular weight excluding hydrogens is 436 g/mol. The zero-order valence-electron chi connectivity index (χ0n) is 18.9. The van der Waals surface area contributed by atoms with Crippen LogP contribution in [0.3, 0.4) is 0 Å². The summed E-state index contributed by atoms with van der Waals surface area (Å²) in [7, 11) is 0. The fraction of sp³-hybridized carbons (Fsp3) is 0.259. The lowest BCUT2D eigenvalue weighted by molar-refractivity contribution is 0.0322. The van der Waals surface area contributed by atoms with Gasteiger partial charge in [-0.3, -0.25) is 14.9 Å². The molecule has 0 bridgehead atoms. The van der Waals surface area contributed by atoms with Crippen molar-refractivity contribution in [3.63, 3.8) is 0 Å². The van der Waals surface area contributed by atoms with E-state index in [1.807, 2.05) is 31.2 Å². The van der Waals surface area contributed by atoms with Crippen LogP contribution in [-0.4, -0.2) is 54.3 Å². The highest BCUT2D eigenvalue weighted by molar-refractivity contribution is 6.00. The molecule has 0 N–H and O–H groups in total. The summed E-state index contributed by atoms with van der Waals surface area (Å²) in [6, 6.07) is 13.1. The number of rotatable bonds is 6.